The molecule has 3 heterocycles. The van der Waals surface area contributed by atoms with Crippen LogP contribution in [-0.4, -0.2) is 39.9 Å². The van der Waals surface area contributed by atoms with Crippen LogP contribution in [-0.2, 0) is 13.0 Å². The molecule has 0 radical (unpaired) electrons. The van der Waals surface area contributed by atoms with E-state index in [1.54, 1.807) is 17.5 Å². The molecule has 1 aliphatic carbocycles. The van der Waals surface area contributed by atoms with Crippen molar-refractivity contribution in [1.29, 1.82) is 0 Å². The van der Waals surface area contributed by atoms with Gasteiger partial charge in [-0.25, -0.2) is 4.98 Å². The minimum absolute atomic E-state index is 0.0186. The summed E-state index contributed by atoms with van der Waals surface area (Å²) in [6, 6.07) is 19.8. The molecule has 6 rings (SSSR count). The largest absolute Gasteiger partial charge is 0.431 e. The minimum Gasteiger partial charge on any atom is -0.431 e. The SMILES string of the molecule is O=C(NC1CCC(CCN2CCc3sc(Oc4ccccc4)nc3C2)CC1)c1cccc2ncccc12. The van der Waals surface area contributed by atoms with E-state index in [2.05, 4.69) is 15.2 Å². The number of para-hydroxylation sites is 1. The van der Waals surface area contributed by atoms with Gasteiger partial charge in [-0.1, -0.05) is 41.7 Å². The molecule has 0 saturated heterocycles. The normalized spacial score (nSPS) is 19.9. The molecule has 0 bridgehead atoms. The predicted molar refractivity (Wildman–Crippen MR) is 147 cm³/mol. The maximum atomic E-state index is 13.0. The first-order chi connectivity index (χ1) is 18.2. The van der Waals surface area contributed by atoms with Crippen molar-refractivity contribution in [3.8, 4) is 10.9 Å². The van der Waals surface area contributed by atoms with Gasteiger partial charge in [-0.05, 0) is 81.3 Å². The Hall–Kier alpha value is -3.29. The summed E-state index contributed by atoms with van der Waals surface area (Å²) in [5.74, 6) is 1.58. The summed E-state index contributed by atoms with van der Waals surface area (Å²) in [7, 11) is 0. The molecule has 7 heteroatoms. The summed E-state index contributed by atoms with van der Waals surface area (Å²) >= 11 is 1.68. The highest BCUT2D eigenvalue weighted by molar-refractivity contribution is 7.13. The molecule has 37 heavy (non-hydrogen) atoms. The van der Waals surface area contributed by atoms with E-state index in [9.17, 15) is 4.79 Å². The first-order valence-electron chi connectivity index (χ1n) is 13.3. The third-order valence-electron chi connectivity index (χ3n) is 7.66. The predicted octanol–water partition coefficient (Wildman–Crippen LogP) is 6.22. The number of ether oxygens (including phenoxy) is 1. The van der Waals surface area contributed by atoms with Crippen molar-refractivity contribution < 1.29 is 9.53 Å². The Bertz CT molecular complexity index is 1360. The van der Waals surface area contributed by atoms with Crippen molar-refractivity contribution in [1.82, 2.24) is 20.2 Å². The van der Waals surface area contributed by atoms with Gasteiger partial charge in [0.15, 0.2) is 0 Å². The Morgan fingerprint density at radius 2 is 1.89 bits per heavy atom. The van der Waals surface area contributed by atoms with E-state index in [4.69, 9.17) is 9.72 Å². The standard InChI is InChI=1S/C30H32N4O2S/c35-29(25-8-4-10-26-24(25)9-5-17-31-26)32-22-13-11-21(12-14-22)15-18-34-19-16-28-27(20-34)33-30(37-28)36-23-6-2-1-3-7-23/h1-10,17,21-22H,11-16,18-20H2,(H,32,35). The Morgan fingerprint density at radius 3 is 2.76 bits per heavy atom. The number of thiazole rings is 1. The lowest BCUT2D eigenvalue weighted by Gasteiger charge is -2.32. The van der Waals surface area contributed by atoms with Crippen LogP contribution in [0.3, 0.4) is 0 Å². The summed E-state index contributed by atoms with van der Waals surface area (Å²) in [4.78, 5) is 26.0. The summed E-state index contributed by atoms with van der Waals surface area (Å²) in [6.07, 6.45) is 8.48. The topological polar surface area (TPSA) is 67.4 Å². The zero-order chi connectivity index (χ0) is 25.0. The number of aromatic nitrogens is 2. The number of pyridine rings is 1. The van der Waals surface area contributed by atoms with Gasteiger partial charge in [-0.2, -0.15) is 0 Å². The molecule has 1 saturated carbocycles. The third kappa shape index (κ3) is 5.68. The molecule has 1 amide bonds. The van der Waals surface area contributed by atoms with Crippen LogP contribution < -0.4 is 10.1 Å². The van der Waals surface area contributed by atoms with Gasteiger partial charge in [0.2, 0.25) is 0 Å². The van der Waals surface area contributed by atoms with Gasteiger partial charge < -0.3 is 10.1 Å². The van der Waals surface area contributed by atoms with Gasteiger partial charge >= 0.3 is 0 Å². The lowest BCUT2D eigenvalue weighted by molar-refractivity contribution is 0.0921. The van der Waals surface area contributed by atoms with E-state index in [0.717, 1.165) is 72.2 Å². The maximum absolute atomic E-state index is 13.0. The summed E-state index contributed by atoms with van der Waals surface area (Å²) in [6.45, 7) is 3.11. The van der Waals surface area contributed by atoms with Crippen LogP contribution in [0.2, 0.25) is 0 Å². The maximum Gasteiger partial charge on any atom is 0.279 e. The van der Waals surface area contributed by atoms with E-state index in [1.807, 2.05) is 60.7 Å². The molecule has 1 aliphatic heterocycles. The minimum atomic E-state index is 0.0186. The average Bonchev–Trinajstić information content (AvgIpc) is 3.34. The molecule has 2 aromatic carbocycles. The van der Waals surface area contributed by atoms with E-state index in [0.29, 0.717) is 0 Å². The fourth-order valence-electron chi connectivity index (χ4n) is 5.58. The molecule has 6 nitrogen and oxygen atoms in total. The van der Waals surface area contributed by atoms with Gasteiger partial charge in [0, 0.05) is 41.2 Å². The first-order valence-corrected chi connectivity index (χ1v) is 14.1. The van der Waals surface area contributed by atoms with Gasteiger partial charge in [-0.15, -0.1) is 0 Å². The smallest absolute Gasteiger partial charge is 0.279 e. The number of fused-ring (bicyclic) bond motifs is 2. The van der Waals surface area contributed by atoms with Crippen molar-refractivity contribution in [2.24, 2.45) is 5.92 Å². The van der Waals surface area contributed by atoms with Crippen molar-refractivity contribution in [3.63, 3.8) is 0 Å². The monoisotopic (exact) mass is 512 g/mol. The number of benzene rings is 2. The van der Waals surface area contributed by atoms with Crippen LogP contribution in [0.4, 0.5) is 0 Å². The molecule has 0 spiro atoms. The van der Waals surface area contributed by atoms with Gasteiger partial charge in [0.25, 0.3) is 11.1 Å². The van der Waals surface area contributed by atoms with Crippen molar-refractivity contribution >= 4 is 28.1 Å². The Balaban J connectivity index is 0.962. The van der Waals surface area contributed by atoms with Crippen LogP contribution in [0.25, 0.3) is 10.9 Å². The fourth-order valence-corrected chi connectivity index (χ4v) is 6.50. The number of rotatable bonds is 7. The average molecular weight is 513 g/mol. The first kappa shape index (κ1) is 24.1. The van der Waals surface area contributed by atoms with E-state index in [-0.39, 0.29) is 11.9 Å². The van der Waals surface area contributed by atoms with Gasteiger partial charge in [-0.3, -0.25) is 14.7 Å². The molecule has 0 atom stereocenters. The van der Waals surface area contributed by atoms with Crippen LogP contribution in [0.15, 0.2) is 66.9 Å². The number of hydrogen-bond donors (Lipinski definition) is 1. The second kappa shape index (κ2) is 11.0. The lowest BCUT2D eigenvalue weighted by Crippen LogP contribution is -2.38. The number of carbonyl (C=O) groups excluding carboxylic acids is 1. The number of nitrogens with one attached hydrogen (secondary N) is 1. The van der Waals surface area contributed by atoms with Crippen LogP contribution in [0.1, 0.15) is 53.0 Å². The Morgan fingerprint density at radius 1 is 1.03 bits per heavy atom. The Labute approximate surface area is 221 Å². The van der Waals surface area contributed by atoms with Crippen molar-refractivity contribution in [3.05, 3.63) is 83.0 Å². The molecule has 0 unspecified atom stereocenters. The fraction of sp³-hybridized carbons (Fsp3) is 0.367. The van der Waals surface area contributed by atoms with Crippen LogP contribution in [0.5, 0.6) is 10.9 Å². The molecule has 1 N–H and O–H groups in total. The van der Waals surface area contributed by atoms with E-state index in [1.165, 1.54) is 29.8 Å². The lowest BCUT2D eigenvalue weighted by atomic mass is 9.84. The highest BCUT2D eigenvalue weighted by Crippen LogP contribution is 2.33. The summed E-state index contributed by atoms with van der Waals surface area (Å²) in [5.41, 5.74) is 2.76. The molecular weight excluding hydrogens is 480 g/mol. The van der Waals surface area contributed by atoms with Gasteiger partial charge in [0.1, 0.15) is 5.75 Å². The Kier molecular flexibility index (Phi) is 7.15. The molecule has 2 aliphatic rings. The van der Waals surface area contributed by atoms with Crippen molar-refractivity contribution in [2.75, 3.05) is 13.1 Å². The second-order valence-corrected chi connectivity index (χ2v) is 11.2. The second-order valence-electron chi connectivity index (χ2n) is 10.1. The van der Waals surface area contributed by atoms with Crippen LogP contribution in [0, 0.1) is 5.92 Å². The quantitative estimate of drug-likeness (QED) is 0.318. The number of carbonyl (C=O) groups is 1. The number of amides is 1. The van der Waals surface area contributed by atoms with E-state index < -0.39 is 0 Å². The summed E-state index contributed by atoms with van der Waals surface area (Å²) in [5, 5.41) is 4.95. The molecule has 2 aromatic heterocycles. The highest BCUT2D eigenvalue weighted by atomic mass is 32.1. The third-order valence-corrected chi connectivity index (χ3v) is 8.70. The summed E-state index contributed by atoms with van der Waals surface area (Å²) < 4.78 is 5.96. The van der Waals surface area contributed by atoms with Gasteiger partial charge in [0.05, 0.1) is 11.2 Å². The molecule has 190 valence electrons. The molecular formula is C30H32N4O2S. The zero-order valence-electron chi connectivity index (χ0n) is 20.9. The van der Waals surface area contributed by atoms with Crippen LogP contribution >= 0.6 is 11.3 Å². The molecule has 4 aromatic rings. The zero-order valence-corrected chi connectivity index (χ0v) is 21.8. The molecule has 1 fully saturated rings. The number of hydrogen-bond acceptors (Lipinski definition) is 6. The highest BCUT2D eigenvalue weighted by Gasteiger charge is 2.26. The number of nitrogens with zero attached hydrogens (tertiary/aromatic N) is 3. The van der Waals surface area contributed by atoms with E-state index >= 15 is 0 Å². The van der Waals surface area contributed by atoms with Crippen molar-refractivity contribution in [2.45, 2.75) is 51.1 Å².